The maximum Gasteiger partial charge on any atom is 0.492 e. The maximum atomic E-state index is 13.1. The van der Waals surface area contributed by atoms with Crippen molar-refractivity contribution in [3.8, 4) is 5.75 Å². The van der Waals surface area contributed by atoms with Crippen LogP contribution in [0.25, 0.3) is 0 Å². The van der Waals surface area contributed by atoms with Crippen molar-refractivity contribution in [2.45, 2.75) is 26.7 Å². The number of rotatable bonds is 6. The normalized spacial score (nSPS) is 10.7. The van der Waals surface area contributed by atoms with Crippen molar-refractivity contribution < 1.29 is 19.2 Å². The molecular formula is C12H18BFO3. The fourth-order valence-electron chi connectivity index (χ4n) is 1.58. The molecule has 0 amide bonds. The van der Waals surface area contributed by atoms with Crippen molar-refractivity contribution in [2.75, 3.05) is 6.61 Å². The molecule has 0 heterocycles. The lowest BCUT2D eigenvalue weighted by atomic mass is 9.79. The molecule has 1 rings (SSSR count). The van der Waals surface area contributed by atoms with Crippen LogP contribution in [-0.2, 0) is 0 Å². The van der Waals surface area contributed by atoms with E-state index in [0.717, 1.165) is 12.8 Å². The predicted octanol–water partition coefficient (Wildman–Crippen LogP) is 1.32. The lowest BCUT2D eigenvalue weighted by Gasteiger charge is -2.16. The van der Waals surface area contributed by atoms with Gasteiger partial charge in [-0.05, 0) is 12.0 Å². The van der Waals surface area contributed by atoms with E-state index in [0.29, 0.717) is 12.5 Å². The van der Waals surface area contributed by atoms with Crippen molar-refractivity contribution >= 4 is 12.6 Å². The first kappa shape index (κ1) is 14.0. The standard InChI is InChI=1S/C12H18BFO3/c1-3-9(4-2)8-17-12-7-10(14)5-6-11(12)13(15)16/h5-7,9,15-16H,3-4,8H2,1-2H3. The fourth-order valence-corrected chi connectivity index (χ4v) is 1.58. The molecule has 0 aliphatic heterocycles. The third-order valence-electron chi connectivity index (χ3n) is 2.88. The highest BCUT2D eigenvalue weighted by atomic mass is 19.1. The highest BCUT2D eigenvalue weighted by molar-refractivity contribution is 6.59. The number of hydrogen-bond acceptors (Lipinski definition) is 3. The third kappa shape index (κ3) is 4.02. The van der Waals surface area contributed by atoms with Gasteiger partial charge >= 0.3 is 7.12 Å². The summed E-state index contributed by atoms with van der Waals surface area (Å²) in [6.07, 6.45) is 1.95. The predicted molar refractivity (Wildman–Crippen MR) is 65.8 cm³/mol. The van der Waals surface area contributed by atoms with E-state index in [1.807, 2.05) is 0 Å². The van der Waals surface area contributed by atoms with Crippen LogP contribution in [0.1, 0.15) is 26.7 Å². The highest BCUT2D eigenvalue weighted by Crippen LogP contribution is 2.14. The van der Waals surface area contributed by atoms with E-state index >= 15 is 0 Å². The Labute approximate surface area is 101 Å². The molecule has 0 aliphatic rings. The molecule has 2 N–H and O–H groups in total. The largest absolute Gasteiger partial charge is 0.494 e. The Hall–Kier alpha value is -1.07. The third-order valence-corrected chi connectivity index (χ3v) is 2.88. The molecule has 0 bridgehead atoms. The number of hydrogen-bond donors (Lipinski definition) is 2. The van der Waals surface area contributed by atoms with E-state index in [-0.39, 0.29) is 11.2 Å². The molecule has 1 aromatic carbocycles. The minimum atomic E-state index is -1.65. The summed E-state index contributed by atoms with van der Waals surface area (Å²) >= 11 is 0. The second kappa shape index (κ2) is 6.62. The van der Waals surface area contributed by atoms with E-state index in [1.54, 1.807) is 0 Å². The molecule has 1 aromatic rings. The quantitative estimate of drug-likeness (QED) is 0.737. The smallest absolute Gasteiger partial charge is 0.492 e. The summed E-state index contributed by atoms with van der Waals surface area (Å²) in [5, 5.41) is 18.3. The van der Waals surface area contributed by atoms with Crippen LogP contribution in [0.2, 0.25) is 0 Å². The average molecular weight is 240 g/mol. The summed E-state index contributed by atoms with van der Waals surface area (Å²) in [6.45, 7) is 4.58. The van der Waals surface area contributed by atoms with Gasteiger partial charge in [-0.15, -0.1) is 0 Å². The Kier molecular flexibility index (Phi) is 5.45. The van der Waals surface area contributed by atoms with Gasteiger partial charge in [0.05, 0.1) is 6.61 Å². The van der Waals surface area contributed by atoms with Gasteiger partial charge in [0.1, 0.15) is 11.6 Å². The Bertz CT molecular complexity index is 354. The van der Waals surface area contributed by atoms with Gasteiger partial charge in [0, 0.05) is 11.5 Å². The number of ether oxygens (including phenoxy) is 1. The van der Waals surface area contributed by atoms with Crippen LogP contribution in [0, 0.1) is 11.7 Å². The van der Waals surface area contributed by atoms with Gasteiger partial charge in [0.15, 0.2) is 0 Å². The zero-order chi connectivity index (χ0) is 12.8. The number of benzene rings is 1. The van der Waals surface area contributed by atoms with Crippen LogP contribution in [0.15, 0.2) is 18.2 Å². The van der Waals surface area contributed by atoms with Crippen molar-refractivity contribution in [1.29, 1.82) is 0 Å². The zero-order valence-corrected chi connectivity index (χ0v) is 10.2. The van der Waals surface area contributed by atoms with Crippen LogP contribution in [-0.4, -0.2) is 23.8 Å². The topological polar surface area (TPSA) is 49.7 Å². The highest BCUT2D eigenvalue weighted by Gasteiger charge is 2.18. The Morgan fingerprint density at radius 1 is 1.29 bits per heavy atom. The summed E-state index contributed by atoms with van der Waals surface area (Å²) in [6, 6.07) is 3.68. The second-order valence-corrected chi connectivity index (χ2v) is 4.05. The molecule has 0 aromatic heterocycles. The van der Waals surface area contributed by atoms with Gasteiger partial charge in [-0.3, -0.25) is 0 Å². The molecule has 17 heavy (non-hydrogen) atoms. The molecule has 94 valence electrons. The maximum absolute atomic E-state index is 13.1. The lowest BCUT2D eigenvalue weighted by molar-refractivity contribution is 0.240. The lowest BCUT2D eigenvalue weighted by Crippen LogP contribution is -2.32. The van der Waals surface area contributed by atoms with E-state index in [1.165, 1.54) is 18.2 Å². The molecule has 0 spiro atoms. The van der Waals surface area contributed by atoms with E-state index in [4.69, 9.17) is 14.8 Å². The summed E-state index contributed by atoms with van der Waals surface area (Å²) in [5.41, 5.74) is 0.192. The summed E-state index contributed by atoms with van der Waals surface area (Å²) < 4.78 is 18.5. The van der Waals surface area contributed by atoms with Gasteiger partial charge in [-0.25, -0.2) is 4.39 Å². The molecule has 0 atom stereocenters. The van der Waals surface area contributed by atoms with E-state index in [2.05, 4.69) is 13.8 Å². The van der Waals surface area contributed by atoms with Crippen molar-refractivity contribution in [3.63, 3.8) is 0 Å². The van der Waals surface area contributed by atoms with Crippen LogP contribution < -0.4 is 10.2 Å². The molecule has 0 aliphatic carbocycles. The first-order valence-electron chi connectivity index (χ1n) is 5.86. The minimum absolute atomic E-state index is 0.192. The van der Waals surface area contributed by atoms with Gasteiger partial charge < -0.3 is 14.8 Å². The SMILES string of the molecule is CCC(CC)COc1cc(F)ccc1B(O)O. The summed E-state index contributed by atoms with van der Waals surface area (Å²) in [7, 11) is -1.65. The fraction of sp³-hybridized carbons (Fsp3) is 0.500. The van der Waals surface area contributed by atoms with Crippen LogP contribution in [0.5, 0.6) is 5.75 Å². The van der Waals surface area contributed by atoms with Crippen molar-refractivity contribution in [3.05, 3.63) is 24.0 Å². The molecule has 0 fully saturated rings. The molecular weight excluding hydrogens is 222 g/mol. The Morgan fingerprint density at radius 2 is 1.94 bits per heavy atom. The minimum Gasteiger partial charge on any atom is -0.494 e. The Balaban J connectivity index is 2.78. The molecule has 5 heteroatoms. The monoisotopic (exact) mass is 240 g/mol. The number of halogens is 1. The molecule has 0 unspecified atom stereocenters. The van der Waals surface area contributed by atoms with Crippen molar-refractivity contribution in [2.24, 2.45) is 5.92 Å². The first-order valence-corrected chi connectivity index (χ1v) is 5.86. The van der Waals surface area contributed by atoms with E-state index < -0.39 is 12.9 Å². The van der Waals surface area contributed by atoms with Gasteiger partial charge in [0.25, 0.3) is 0 Å². The average Bonchev–Trinajstić information content (AvgIpc) is 2.30. The molecule has 0 saturated carbocycles. The molecule has 0 radical (unpaired) electrons. The van der Waals surface area contributed by atoms with Crippen molar-refractivity contribution in [1.82, 2.24) is 0 Å². The zero-order valence-electron chi connectivity index (χ0n) is 10.2. The van der Waals surface area contributed by atoms with E-state index in [9.17, 15) is 4.39 Å². The summed E-state index contributed by atoms with van der Waals surface area (Å²) in [4.78, 5) is 0. The first-order chi connectivity index (χ1) is 8.08. The molecule has 3 nitrogen and oxygen atoms in total. The van der Waals surface area contributed by atoms with Crippen LogP contribution in [0.3, 0.4) is 0 Å². The van der Waals surface area contributed by atoms with Gasteiger partial charge in [0.2, 0.25) is 0 Å². The van der Waals surface area contributed by atoms with Crippen LogP contribution >= 0.6 is 0 Å². The molecule has 0 saturated heterocycles. The second-order valence-electron chi connectivity index (χ2n) is 4.05. The Morgan fingerprint density at radius 3 is 2.47 bits per heavy atom. The van der Waals surface area contributed by atoms with Crippen LogP contribution in [0.4, 0.5) is 4.39 Å². The summed E-state index contributed by atoms with van der Waals surface area (Å²) in [5.74, 6) is 0.141. The van der Waals surface area contributed by atoms with Gasteiger partial charge in [-0.1, -0.05) is 32.8 Å². The van der Waals surface area contributed by atoms with Gasteiger partial charge in [-0.2, -0.15) is 0 Å².